The Morgan fingerprint density at radius 2 is 1.83 bits per heavy atom. The summed E-state index contributed by atoms with van der Waals surface area (Å²) in [5.74, 6) is 0. The van der Waals surface area contributed by atoms with Crippen LogP contribution in [0.15, 0.2) is 0 Å². The summed E-state index contributed by atoms with van der Waals surface area (Å²) in [4.78, 5) is 2.52. The Morgan fingerprint density at radius 3 is 2.17 bits per heavy atom. The summed E-state index contributed by atoms with van der Waals surface area (Å²) in [7, 11) is 0. The minimum atomic E-state index is 0.545. The van der Waals surface area contributed by atoms with E-state index < -0.39 is 0 Å². The fraction of sp³-hybridized carbons (Fsp3) is 1.00. The molecule has 1 rings (SSSR count). The third kappa shape index (κ3) is 3.11. The molecule has 0 spiro atoms. The summed E-state index contributed by atoms with van der Waals surface area (Å²) in [6.45, 7) is 9.08. The first-order chi connectivity index (χ1) is 5.86. The molecular formula is C10H21NO. The van der Waals surface area contributed by atoms with Crippen molar-refractivity contribution in [1.29, 1.82) is 0 Å². The molecule has 0 amide bonds. The van der Waals surface area contributed by atoms with Crippen molar-refractivity contribution in [2.75, 3.05) is 26.2 Å². The van der Waals surface area contributed by atoms with Gasteiger partial charge in [0.1, 0.15) is 0 Å². The summed E-state index contributed by atoms with van der Waals surface area (Å²) in [6.07, 6.45) is 4.33. The maximum absolute atomic E-state index is 5.41. The monoisotopic (exact) mass is 171 g/mol. The largest absolute Gasteiger partial charge is 0.377 e. The van der Waals surface area contributed by atoms with Crippen LogP contribution in [-0.2, 0) is 4.74 Å². The van der Waals surface area contributed by atoms with Gasteiger partial charge in [-0.1, -0.05) is 13.8 Å². The lowest BCUT2D eigenvalue weighted by Gasteiger charge is -2.32. The van der Waals surface area contributed by atoms with Crippen molar-refractivity contribution in [3.63, 3.8) is 0 Å². The molecule has 0 bridgehead atoms. The van der Waals surface area contributed by atoms with Crippen molar-refractivity contribution in [1.82, 2.24) is 4.90 Å². The van der Waals surface area contributed by atoms with Crippen molar-refractivity contribution in [2.24, 2.45) is 0 Å². The van der Waals surface area contributed by atoms with Crippen LogP contribution in [0.2, 0.25) is 0 Å². The molecule has 12 heavy (non-hydrogen) atoms. The Kier molecular flexibility index (Phi) is 4.62. The highest BCUT2D eigenvalue weighted by Crippen LogP contribution is 2.12. The molecule has 0 radical (unpaired) electrons. The minimum absolute atomic E-state index is 0.545. The van der Waals surface area contributed by atoms with E-state index in [1.54, 1.807) is 0 Å². The third-order valence-corrected chi connectivity index (χ3v) is 2.33. The average molecular weight is 171 g/mol. The fourth-order valence-corrected chi connectivity index (χ4v) is 1.64. The zero-order chi connectivity index (χ0) is 8.81. The molecule has 1 aliphatic heterocycles. The van der Waals surface area contributed by atoms with Crippen LogP contribution in [0.5, 0.6) is 0 Å². The number of rotatable bonds is 6. The lowest BCUT2D eigenvalue weighted by Crippen LogP contribution is -2.40. The molecular weight excluding hydrogens is 150 g/mol. The SMILES string of the molecule is CCCN(CCC)CC1CCO1. The molecule has 1 unspecified atom stereocenters. The highest BCUT2D eigenvalue weighted by Gasteiger charge is 2.20. The Bertz CT molecular complexity index is 106. The summed E-state index contributed by atoms with van der Waals surface area (Å²) >= 11 is 0. The average Bonchev–Trinajstić information content (AvgIpc) is 1.97. The minimum Gasteiger partial charge on any atom is -0.377 e. The molecule has 0 aromatic heterocycles. The predicted octanol–water partition coefficient (Wildman–Crippen LogP) is 1.90. The van der Waals surface area contributed by atoms with E-state index in [0.717, 1.165) is 13.2 Å². The number of nitrogens with zero attached hydrogens (tertiary/aromatic N) is 1. The first-order valence-electron chi connectivity index (χ1n) is 5.20. The van der Waals surface area contributed by atoms with E-state index >= 15 is 0 Å². The molecule has 1 saturated heterocycles. The number of ether oxygens (including phenoxy) is 1. The van der Waals surface area contributed by atoms with Crippen molar-refractivity contribution in [2.45, 2.75) is 39.2 Å². The number of hydrogen-bond donors (Lipinski definition) is 0. The molecule has 0 aliphatic carbocycles. The van der Waals surface area contributed by atoms with Crippen LogP contribution in [0, 0.1) is 0 Å². The van der Waals surface area contributed by atoms with Gasteiger partial charge in [0.2, 0.25) is 0 Å². The predicted molar refractivity (Wildman–Crippen MR) is 51.4 cm³/mol. The molecule has 0 N–H and O–H groups in total. The van der Waals surface area contributed by atoms with E-state index in [2.05, 4.69) is 18.7 Å². The van der Waals surface area contributed by atoms with Crippen LogP contribution >= 0.6 is 0 Å². The van der Waals surface area contributed by atoms with Crippen LogP contribution in [0.25, 0.3) is 0 Å². The Balaban J connectivity index is 2.11. The molecule has 2 nitrogen and oxygen atoms in total. The molecule has 0 aromatic carbocycles. The van der Waals surface area contributed by atoms with Crippen molar-refractivity contribution in [3.8, 4) is 0 Å². The van der Waals surface area contributed by atoms with E-state index in [-0.39, 0.29) is 0 Å². The maximum Gasteiger partial charge on any atom is 0.0723 e. The van der Waals surface area contributed by atoms with Crippen LogP contribution < -0.4 is 0 Å². The van der Waals surface area contributed by atoms with E-state index in [1.807, 2.05) is 0 Å². The fourth-order valence-electron chi connectivity index (χ4n) is 1.64. The van der Waals surface area contributed by atoms with Gasteiger partial charge in [-0.05, 0) is 32.4 Å². The lowest BCUT2D eigenvalue weighted by molar-refractivity contribution is -0.0666. The first kappa shape index (κ1) is 10.0. The Hall–Kier alpha value is -0.0800. The molecule has 0 saturated carbocycles. The lowest BCUT2D eigenvalue weighted by atomic mass is 10.1. The van der Waals surface area contributed by atoms with Gasteiger partial charge in [-0.15, -0.1) is 0 Å². The van der Waals surface area contributed by atoms with Gasteiger partial charge in [-0.2, -0.15) is 0 Å². The highest BCUT2D eigenvalue weighted by atomic mass is 16.5. The molecule has 1 heterocycles. The van der Waals surface area contributed by atoms with Gasteiger partial charge in [0.15, 0.2) is 0 Å². The second-order valence-electron chi connectivity index (χ2n) is 3.58. The Labute approximate surface area is 75.9 Å². The summed E-state index contributed by atoms with van der Waals surface area (Å²) < 4.78 is 5.41. The van der Waals surface area contributed by atoms with Gasteiger partial charge in [0.25, 0.3) is 0 Å². The standard InChI is InChI=1S/C10H21NO/c1-3-6-11(7-4-2)9-10-5-8-12-10/h10H,3-9H2,1-2H3. The van der Waals surface area contributed by atoms with Gasteiger partial charge in [-0.3, -0.25) is 0 Å². The van der Waals surface area contributed by atoms with Crippen molar-refractivity contribution >= 4 is 0 Å². The summed E-state index contributed by atoms with van der Waals surface area (Å²) in [5.41, 5.74) is 0. The van der Waals surface area contributed by atoms with Crippen LogP contribution in [-0.4, -0.2) is 37.2 Å². The van der Waals surface area contributed by atoms with E-state index in [9.17, 15) is 0 Å². The second kappa shape index (κ2) is 5.55. The van der Waals surface area contributed by atoms with Crippen molar-refractivity contribution < 1.29 is 4.74 Å². The molecule has 1 fully saturated rings. The van der Waals surface area contributed by atoms with E-state index in [0.29, 0.717) is 6.10 Å². The van der Waals surface area contributed by atoms with Gasteiger partial charge in [0.05, 0.1) is 6.10 Å². The normalized spacial score (nSPS) is 22.8. The Morgan fingerprint density at radius 1 is 1.25 bits per heavy atom. The molecule has 2 heteroatoms. The molecule has 0 aromatic rings. The molecule has 1 aliphatic rings. The third-order valence-electron chi connectivity index (χ3n) is 2.33. The smallest absolute Gasteiger partial charge is 0.0723 e. The van der Waals surface area contributed by atoms with E-state index in [1.165, 1.54) is 32.4 Å². The van der Waals surface area contributed by atoms with Gasteiger partial charge in [0, 0.05) is 13.2 Å². The first-order valence-corrected chi connectivity index (χ1v) is 5.20. The second-order valence-corrected chi connectivity index (χ2v) is 3.58. The van der Waals surface area contributed by atoms with Crippen molar-refractivity contribution in [3.05, 3.63) is 0 Å². The van der Waals surface area contributed by atoms with Gasteiger partial charge >= 0.3 is 0 Å². The zero-order valence-electron chi connectivity index (χ0n) is 8.38. The maximum atomic E-state index is 5.41. The van der Waals surface area contributed by atoms with Crippen LogP contribution in [0.3, 0.4) is 0 Å². The van der Waals surface area contributed by atoms with Gasteiger partial charge in [-0.25, -0.2) is 0 Å². The summed E-state index contributed by atoms with van der Waals surface area (Å²) in [5, 5.41) is 0. The number of hydrogen-bond acceptors (Lipinski definition) is 2. The highest BCUT2D eigenvalue weighted by molar-refractivity contribution is 4.71. The van der Waals surface area contributed by atoms with Crippen LogP contribution in [0.4, 0.5) is 0 Å². The van der Waals surface area contributed by atoms with E-state index in [4.69, 9.17) is 4.74 Å². The molecule has 72 valence electrons. The van der Waals surface area contributed by atoms with Gasteiger partial charge < -0.3 is 9.64 Å². The topological polar surface area (TPSA) is 12.5 Å². The quantitative estimate of drug-likeness (QED) is 0.605. The van der Waals surface area contributed by atoms with Crippen LogP contribution in [0.1, 0.15) is 33.1 Å². The summed E-state index contributed by atoms with van der Waals surface area (Å²) in [6, 6.07) is 0. The molecule has 1 atom stereocenters. The zero-order valence-corrected chi connectivity index (χ0v) is 8.38.